The van der Waals surface area contributed by atoms with Crippen molar-refractivity contribution in [1.29, 1.82) is 0 Å². The first kappa shape index (κ1) is 13.6. The second-order valence-electron chi connectivity index (χ2n) is 3.78. The van der Waals surface area contributed by atoms with Crippen LogP contribution in [0.15, 0.2) is 36.4 Å². The molecule has 0 aliphatic rings. The molecule has 0 fully saturated rings. The van der Waals surface area contributed by atoms with E-state index in [-0.39, 0.29) is 10.6 Å². The quantitative estimate of drug-likeness (QED) is 0.844. The SMILES string of the molecule is NC(c1ccc(Cl)cc1Cl)c1c(F)cccc1Cl. The first-order chi connectivity index (χ1) is 8.50. The highest BCUT2D eigenvalue weighted by Gasteiger charge is 2.19. The van der Waals surface area contributed by atoms with E-state index in [9.17, 15) is 4.39 Å². The standard InChI is InChI=1S/C13H9Cl3FN/c14-7-4-5-8(10(16)6-7)13(18)12-9(15)2-1-3-11(12)17/h1-6,13H,18H2. The van der Waals surface area contributed by atoms with E-state index >= 15 is 0 Å². The van der Waals surface area contributed by atoms with Crippen molar-refractivity contribution in [2.45, 2.75) is 6.04 Å². The molecule has 1 unspecified atom stereocenters. The van der Waals surface area contributed by atoms with Crippen molar-refractivity contribution in [3.63, 3.8) is 0 Å². The second kappa shape index (κ2) is 5.45. The molecular formula is C13H9Cl3FN. The van der Waals surface area contributed by atoms with Gasteiger partial charge in [-0.15, -0.1) is 0 Å². The molecule has 2 aromatic carbocycles. The summed E-state index contributed by atoms with van der Waals surface area (Å²) in [5.74, 6) is -0.457. The van der Waals surface area contributed by atoms with E-state index in [0.29, 0.717) is 15.6 Å². The Morgan fingerprint density at radius 3 is 2.33 bits per heavy atom. The van der Waals surface area contributed by atoms with E-state index in [1.54, 1.807) is 24.3 Å². The topological polar surface area (TPSA) is 26.0 Å². The molecule has 1 nitrogen and oxygen atoms in total. The van der Waals surface area contributed by atoms with Crippen LogP contribution in [0.25, 0.3) is 0 Å². The largest absolute Gasteiger partial charge is 0.320 e. The van der Waals surface area contributed by atoms with Crippen LogP contribution < -0.4 is 5.73 Å². The number of hydrogen-bond donors (Lipinski definition) is 1. The van der Waals surface area contributed by atoms with E-state index in [0.717, 1.165) is 0 Å². The molecule has 0 aromatic heterocycles. The lowest BCUT2D eigenvalue weighted by Crippen LogP contribution is -2.14. The third-order valence-corrected chi connectivity index (χ3v) is 3.50. The lowest BCUT2D eigenvalue weighted by molar-refractivity contribution is 0.600. The minimum Gasteiger partial charge on any atom is -0.320 e. The fraction of sp³-hybridized carbons (Fsp3) is 0.0769. The number of hydrogen-bond acceptors (Lipinski definition) is 1. The van der Waals surface area contributed by atoms with Crippen LogP contribution >= 0.6 is 34.8 Å². The molecule has 5 heteroatoms. The molecule has 0 radical (unpaired) electrons. The Kier molecular flexibility index (Phi) is 4.13. The van der Waals surface area contributed by atoms with Crippen molar-refractivity contribution in [3.05, 3.63) is 68.4 Å². The number of benzene rings is 2. The third kappa shape index (κ3) is 2.62. The van der Waals surface area contributed by atoms with Gasteiger partial charge in [-0.1, -0.05) is 46.9 Å². The van der Waals surface area contributed by atoms with Gasteiger partial charge >= 0.3 is 0 Å². The Hall–Kier alpha value is -0.800. The normalized spacial score (nSPS) is 12.5. The number of rotatable bonds is 2. The molecule has 0 bridgehead atoms. The van der Waals surface area contributed by atoms with Crippen LogP contribution in [0.2, 0.25) is 15.1 Å². The molecule has 0 saturated heterocycles. The van der Waals surface area contributed by atoms with Crippen LogP contribution in [0.1, 0.15) is 17.2 Å². The fourth-order valence-electron chi connectivity index (χ4n) is 1.72. The van der Waals surface area contributed by atoms with E-state index < -0.39 is 11.9 Å². The molecule has 94 valence electrons. The van der Waals surface area contributed by atoms with E-state index in [1.807, 2.05) is 0 Å². The van der Waals surface area contributed by atoms with Gasteiger partial charge in [0.25, 0.3) is 0 Å². The first-order valence-electron chi connectivity index (χ1n) is 5.15. The van der Waals surface area contributed by atoms with Crippen LogP contribution in [-0.2, 0) is 0 Å². The maximum atomic E-state index is 13.8. The molecule has 2 aromatic rings. The monoisotopic (exact) mass is 303 g/mol. The average Bonchev–Trinajstić information content (AvgIpc) is 2.28. The molecule has 18 heavy (non-hydrogen) atoms. The highest BCUT2D eigenvalue weighted by atomic mass is 35.5. The zero-order chi connectivity index (χ0) is 13.3. The Morgan fingerprint density at radius 2 is 1.72 bits per heavy atom. The molecule has 0 spiro atoms. The van der Waals surface area contributed by atoms with Crippen LogP contribution in [0, 0.1) is 5.82 Å². The predicted molar refractivity (Wildman–Crippen MR) is 73.9 cm³/mol. The minimum atomic E-state index is -0.733. The summed E-state index contributed by atoms with van der Waals surface area (Å²) >= 11 is 17.8. The van der Waals surface area contributed by atoms with Crippen molar-refractivity contribution in [2.75, 3.05) is 0 Å². The highest BCUT2D eigenvalue weighted by Crippen LogP contribution is 2.33. The maximum absolute atomic E-state index is 13.8. The van der Waals surface area contributed by atoms with Gasteiger partial charge in [0.1, 0.15) is 5.82 Å². The zero-order valence-electron chi connectivity index (χ0n) is 9.13. The number of halogens is 4. The molecular weight excluding hydrogens is 296 g/mol. The summed E-state index contributed by atoms with van der Waals surface area (Å²) in [4.78, 5) is 0. The summed E-state index contributed by atoms with van der Waals surface area (Å²) < 4.78 is 13.8. The smallest absolute Gasteiger partial charge is 0.129 e. The van der Waals surface area contributed by atoms with Crippen molar-refractivity contribution < 1.29 is 4.39 Å². The van der Waals surface area contributed by atoms with Crippen LogP contribution in [-0.4, -0.2) is 0 Å². The second-order valence-corrected chi connectivity index (χ2v) is 5.03. The summed E-state index contributed by atoms with van der Waals surface area (Å²) in [5.41, 5.74) is 6.82. The van der Waals surface area contributed by atoms with Gasteiger partial charge in [-0.05, 0) is 29.8 Å². The van der Waals surface area contributed by atoms with Gasteiger partial charge in [0, 0.05) is 20.6 Å². The Morgan fingerprint density at radius 1 is 1.00 bits per heavy atom. The maximum Gasteiger partial charge on any atom is 0.129 e. The van der Waals surface area contributed by atoms with Gasteiger partial charge in [0.2, 0.25) is 0 Å². The van der Waals surface area contributed by atoms with Crippen molar-refractivity contribution in [3.8, 4) is 0 Å². The van der Waals surface area contributed by atoms with Gasteiger partial charge < -0.3 is 5.73 Å². The summed E-state index contributed by atoms with van der Waals surface area (Å²) in [6.07, 6.45) is 0. The van der Waals surface area contributed by atoms with Gasteiger partial charge in [0.05, 0.1) is 6.04 Å². The summed E-state index contributed by atoms with van der Waals surface area (Å²) in [6.45, 7) is 0. The molecule has 2 rings (SSSR count). The number of nitrogens with two attached hydrogens (primary N) is 1. The fourth-order valence-corrected chi connectivity index (χ4v) is 2.52. The molecule has 1 atom stereocenters. The minimum absolute atomic E-state index is 0.225. The Labute approximate surface area is 119 Å². The highest BCUT2D eigenvalue weighted by molar-refractivity contribution is 6.35. The van der Waals surface area contributed by atoms with Crippen molar-refractivity contribution in [1.82, 2.24) is 0 Å². The van der Waals surface area contributed by atoms with Crippen LogP contribution in [0.3, 0.4) is 0 Å². The molecule has 0 heterocycles. The predicted octanol–water partition coefficient (Wildman–Crippen LogP) is 4.83. The molecule has 0 aliphatic carbocycles. The van der Waals surface area contributed by atoms with E-state index in [2.05, 4.69) is 0 Å². The van der Waals surface area contributed by atoms with Gasteiger partial charge in [-0.25, -0.2) is 4.39 Å². The van der Waals surface area contributed by atoms with E-state index in [1.165, 1.54) is 12.1 Å². The van der Waals surface area contributed by atoms with Crippen molar-refractivity contribution in [2.24, 2.45) is 5.73 Å². The summed E-state index contributed by atoms with van der Waals surface area (Å²) in [7, 11) is 0. The zero-order valence-corrected chi connectivity index (χ0v) is 11.4. The molecule has 0 saturated carbocycles. The average molecular weight is 305 g/mol. The van der Waals surface area contributed by atoms with Crippen LogP contribution in [0.4, 0.5) is 4.39 Å². The lowest BCUT2D eigenvalue weighted by atomic mass is 9.99. The molecule has 0 aliphatic heterocycles. The van der Waals surface area contributed by atoms with Crippen LogP contribution in [0.5, 0.6) is 0 Å². The third-order valence-electron chi connectivity index (χ3n) is 2.61. The summed E-state index contributed by atoms with van der Waals surface area (Å²) in [5, 5.41) is 1.15. The van der Waals surface area contributed by atoms with Gasteiger partial charge in [-0.2, -0.15) is 0 Å². The van der Waals surface area contributed by atoms with E-state index in [4.69, 9.17) is 40.5 Å². The summed E-state index contributed by atoms with van der Waals surface area (Å²) in [6, 6.07) is 8.57. The lowest BCUT2D eigenvalue weighted by Gasteiger charge is -2.16. The first-order valence-corrected chi connectivity index (χ1v) is 6.28. The Balaban J connectivity index is 2.51. The van der Waals surface area contributed by atoms with Crippen molar-refractivity contribution >= 4 is 34.8 Å². The Bertz CT molecular complexity index is 566. The van der Waals surface area contributed by atoms with Gasteiger partial charge in [0.15, 0.2) is 0 Å². The van der Waals surface area contributed by atoms with Gasteiger partial charge in [-0.3, -0.25) is 0 Å². The molecule has 0 amide bonds. The molecule has 2 N–H and O–H groups in total.